The summed E-state index contributed by atoms with van der Waals surface area (Å²) in [5.41, 5.74) is 2.27. The number of halogens is 1. The van der Waals surface area contributed by atoms with Gasteiger partial charge in [0.2, 0.25) is 0 Å². The first-order chi connectivity index (χ1) is 12.5. The van der Waals surface area contributed by atoms with E-state index in [1.54, 1.807) is 32.2 Å². The second-order valence-corrected chi connectivity index (χ2v) is 6.22. The van der Waals surface area contributed by atoms with Gasteiger partial charge in [0.15, 0.2) is 0 Å². The van der Waals surface area contributed by atoms with Crippen LogP contribution in [0.3, 0.4) is 0 Å². The van der Waals surface area contributed by atoms with Crippen LogP contribution >= 0.6 is 11.6 Å². The first-order valence-electron chi connectivity index (χ1n) is 8.30. The Morgan fingerprint density at radius 1 is 1.15 bits per heavy atom. The van der Waals surface area contributed by atoms with Crippen LogP contribution in [0.15, 0.2) is 60.2 Å². The molecule has 0 aromatic heterocycles. The molecular weight excluding hydrogens is 352 g/mol. The predicted molar refractivity (Wildman–Crippen MR) is 100 cm³/mol. The first-order valence-corrected chi connectivity index (χ1v) is 8.67. The Hall–Kier alpha value is -2.79. The molecule has 2 aromatic rings. The molecule has 0 spiro atoms. The van der Waals surface area contributed by atoms with Crippen LogP contribution < -0.4 is 5.32 Å². The molecule has 1 unspecified atom stereocenters. The summed E-state index contributed by atoms with van der Waals surface area (Å²) < 4.78 is 5.29. The van der Waals surface area contributed by atoms with Gasteiger partial charge < -0.3 is 10.1 Å². The topological polar surface area (TPSA) is 58.6 Å². The van der Waals surface area contributed by atoms with Crippen LogP contribution in [-0.4, -0.2) is 30.6 Å². The van der Waals surface area contributed by atoms with Crippen LogP contribution in [0.2, 0.25) is 5.02 Å². The summed E-state index contributed by atoms with van der Waals surface area (Å²) in [4.78, 5) is 26.8. The summed E-state index contributed by atoms with van der Waals surface area (Å²) >= 11 is 6.34. The Bertz CT molecular complexity index is 864. The highest BCUT2D eigenvalue weighted by atomic mass is 35.5. The van der Waals surface area contributed by atoms with Crippen LogP contribution in [0.4, 0.5) is 4.79 Å². The van der Waals surface area contributed by atoms with E-state index in [4.69, 9.17) is 16.3 Å². The molecule has 1 aliphatic rings. The number of carbonyl (C=O) groups is 2. The molecule has 0 bridgehead atoms. The van der Waals surface area contributed by atoms with Gasteiger partial charge in [-0.15, -0.1) is 0 Å². The molecule has 1 N–H and O–H groups in total. The fraction of sp³-hybridized carbons (Fsp3) is 0.200. The molecule has 0 saturated heterocycles. The van der Waals surface area contributed by atoms with Crippen molar-refractivity contribution in [1.82, 2.24) is 10.2 Å². The smallest absolute Gasteiger partial charge is 0.338 e. The van der Waals surface area contributed by atoms with Crippen molar-refractivity contribution in [1.29, 1.82) is 0 Å². The van der Waals surface area contributed by atoms with E-state index in [2.05, 4.69) is 5.32 Å². The van der Waals surface area contributed by atoms with E-state index in [1.807, 2.05) is 36.4 Å². The summed E-state index contributed by atoms with van der Waals surface area (Å²) in [6, 6.07) is 15.4. The van der Waals surface area contributed by atoms with Crippen LogP contribution in [0.25, 0.3) is 5.70 Å². The maximum Gasteiger partial charge on any atom is 0.338 e. The third-order valence-electron chi connectivity index (χ3n) is 4.21. The lowest BCUT2D eigenvalue weighted by Gasteiger charge is -2.35. The van der Waals surface area contributed by atoms with Crippen molar-refractivity contribution in [2.75, 3.05) is 13.7 Å². The van der Waals surface area contributed by atoms with Gasteiger partial charge in [0.05, 0.1) is 23.9 Å². The molecule has 0 saturated carbocycles. The van der Waals surface area contributed by atoms with Gasteiger partial charge in [-0.25, -0.2) is 9.59 Å². The zero-order chi connectivity index (χ0) is 18.7. The molecule has 0 radical (unpaired) electrons. The minimum absolute atomic E-state index is 0.233. The highest BCUT2D eigenvalue weighted by molar-refractivity contribution is 6.31. The summed E-state index contributed by atoms with van der Waals surface area (Å²) in [5, 5.41) is 3.33. The highest BCUT2D eigenvalue weighted by Crippen LogP contribution is 2.37. The maximum absolute atomic E-state index is 12.8. The SMILES string of the molecule is CCOC(=O)C1=C(c2ccccc2)N(C)C(=O)NC1c1ccccc1Cl. The van der Waals surface area contributed by atoms with Crippen molar-refractivity contribution >= 4 is 29.3 Å². The second kappa shape index (κ2) is 7.62. The molecule has 5 nitrogen and oxygen atoms in total. The number of hydrogen-bond acceptors (Lipinski definition) is 3. The number of ether oxygens (including phenoxy) is 1. The van der Waals surface area contributed by atoms with Gasteiger partial charge in [0.1, 0.15) is 0 Å². The summed E-state index contributed by atoms with van der Waals surface area (Å²) in [5.74, 6) is -0.483. The third-order valence-corrected chi connectivity index (χ3v) is 4.55. The summed E-state index contributed by atoms with van der Waals surface area (Å²) in [6.45, 7) is 1.98. The highest BCUT2D eigenvalue weighted by Gasteiger charge is 2.38. The molecule has 6 heteroatoms. The Morgan fingerprint density at radius 2 is 1.81 bits per heavy atom. The van der Waals surface area contributed by atoms with Crippen LogP contribution in [0.1, 0.15) is 24.1 Å². The standard InChI is InChI=1S/C20H19ClN2O3/c1-3-26-19(24)16-17(14-11-7-8-12-15(14)21)22-20(25)23(2)18(16)13-9-5-4-6-10-13/h4-12,17H,3H2,1-2H3,(H,22,25). The number of nitrogens with zero attached hydrogens (tertiary/aromatic N) is 1. The van der Waals surface area contributed by atoms with Gasteiger partial charge in [0, 0.05) is 12.1 Å². The zero-order valence-corrected chi connectivity index (χ0v) is 15.3. The van der Waals surface area contributed by atoms with Gasteiger partial charge in [-0.2, -0.15) is 0 Å². The Morgan fingerprint density at radius 3 is 2.46 bits per heavy atom. The average Bonchev–Trinajstić information content (AvgIpc) is 2.65. The lowest BCUT2D eigenvalue weighted by Crippen LogP contribution is -2.46. The van der Waals surface area contributed by atoms with Crippen molar-refractivity contribution in [2.45, 2.75) is 13.0 Å². The van der Waals surface area contributed by atoms with Crippen molar-refractivity contribution < 1.29 is 14.3 Å². The van der Waals surface area contributed by atoms with E-state index in [0.717, 1.165) is 5.56 Å². The van der Waals surface area contributed by atoms with E-state index in [0.29, 0.717) is 21.9 Å². The number of benzene rings is 2. The van der Waals surface area contributed by atoms with Gasteiger partial charge >= 0.3 is 12.0 Å². The molecule has 1 heterocycles. The van der Waals surface area contributed by atoms with E-state index in [1.165, 1.54) is 4.90 Å². The monoisotopic (exact) mass is 370 g/mol. The van der Waals surface area contributed by atoms with Crippen molar-refractivity contribution in [3.8, 4) is 0 Å². The Labute approximate surface area is 157 Å². The van der Waals surface area contributed by atoms with Crippen LogP contribution in [0, 0.1) is 0 Å². The first kappa shape index (κ1) is 18.0. The molecule has 2 amide bonds. The number of nitrogens with one attached hydrogen (secondary N) is 1. The lowest BCUT2D eigenvalue weighted by molar-refractivity contribution is -0.138. The van der Waals surface area contributed by atoms with E-state index >= 15 is 0 Å². The molecule has 2 aromatic carbocycles. The fourth-order valence-electron chi connectivity index (χ4n) is 3.02. The molecule has 0 fully saturated rings. The number of hydrogen-bond donors (Lipinski definition) is 1. The zero-order valence-electron chi connectivity index (χ0n) is 14.5. The molecule has 134 valence electrons. The average molecular weight is 371 g/mol. The fourth-order valence-corrected chi connectivity index (χ4v) is 3.27. The minimum atomic E-state index is -0.693. The number of amides is 2. The summed E-state index contributed by atoms with van der Waals surface area (Å²) in [6.07, 6.45) is 0. The molecule has 1 aliphatic heterocycles. The van der Waals surface area contributed by atoms with Crippen molar-refractivity contribution in [3.63, 3.8) is 0 Å². The quantitative estimate of drug-likeness (QED) is 0.827. The largest absolute Gasteiger partial charge is 0.463 e. The molecule has 26 heavy (non-hydrogen) atoms. The number of carbonyl (C=O) groups excluding carboxylic acids is 2. The second-order valence-electron chi connectivity index (χ2n) is 5.81. The Kier molecular flexibility index (Phi) is 5.28. The molecule has 0 aliphatic carbocycles. The van der Waals surface area contributed by atoms with Gasteiger partial charge in [-0.3, -0.25) is 4.90 Å². The molecule has 3 rings (SSSR count). The van der Waals surface area contributed by atoms with Crippen molar-refractivity contribution in [2.24, 2.45) is 0 Å². The van der Waals surface area contributed by atoms with Crippen LogP contribution in [0.5, 0.6) is 0 Å². The van der Waals surface area contributed by atoms with E-state index in [9.17, 15) is 9.59 Å². The maximum atomic E-state index is 12.8. The van der Waals surface area contributed by atoms with Crippen LogP contribution in [-0.2, 0) is 9.53 Å². The van der Waals surface area contributed by atoms with Crippen molar-refractivity contribution in [3.05, 3.63) is 76.3 Å². The van der Waals surface area contributed by atoms with Gasteiger partial charge in [0.25, 0.3) is 0 Å². The lowest BCUT2D eigenvalue weighted by atomic mass is 9.92. The Balaban J connectivity index is 2.26. The van der Waals surface area contributed by atoms with E-state index < -0.39 is 12.0 Å². The van der Waals surface area contributed by atoms with E-state index in [-0.39, 0.29) is 12.6 Å². The third kappa shape index (κ3) is 3.30. The van der Waals surface area contributed by atoms with Gasteiger partial charge in [-0.1, -0.05) is 60.1 Å². The normalized spacial score (nSPS) is 17.1. The minimum Gasteiger partial charge on any atom is -0.463 e. The summed E-state index contributed by atoms with van der Waals surface area (Å²) in [7, 11) is 1.62. The molecule has 1 atom stereocenters. The number of esters is 1. The number of rotatable bonds is 4. The molecular formula is C20H19ClN2O3. The predicted octanol–water partition coefficient (Wildman–Crippen LogP) is 4.01. The van der Waals surface area contributed by atoms with Gasteiger partial charge in [-0.05, 0) is 24.1 Å². The number of urea groups is 1.